The van der Waals surface area contributed by atoms with E-state index in [1.165, 1.54) is 5.57 Å². The lowest BCUT2D eigenvalue weighted by Crippen LogP contribution is -2.38. The van der Waals surface area contributed by atoms with E-state index in [2.05, 4.69) is 41.3 Å². The molecule has 2 fully saturated rings. The summed E-state index contributed by atoms with van der Waals surface area (Å²) in [5, 5.41) is 14.6. The highest BCUT2D eigenvalue weighted by Gasteiger charge is 2.45. The van der Waals surface area contributed by atoms with Crippen LogP contribution < -0.4 is 5.32 Å². The largest absolute Gasteiger partial charge is 0.385 e. The van der Waals surface area contributed by atoms with Crippen LogP contribution in [-0.4, -0.2) is 33.2 Å². The van der Waals surface area contributed by atoms with Crippen molar-refractivity contribution in [1.82, 2.24) is 9.97 Å². The Morgan fingerprint density at radius 2 is 2.00 bits per heavy atom. The quantitative estimate of drug-likeness (QED) is 0.624. The summed E-state index contributed by atoms with van der Waals surface area (Å²) in [4.78, 5) is 20.0. The van der Waals surface area contributed by atoms with Crippen molar-refractivity contribution < 1.29 is 14.6 Å². The number of anilines is 1. The van der Waals surface area contributed by atoms with Gasteiger partial charge in [-0.25, -0.2) is 4.98 Å². The normalized spacial score (nSPS) is 28.9. The number of imidazole rings is 1. The van der Waals surface area contributed by atoms with Crippen LogP contribution >= 0.6 is 0 Å². The average Bonchev–Trinajstić information content (AvgIpc) is 3.33. The first-order chi connectivity index (χ1) is 15.2. The van der Waals surface area contributed by atoms with Crippen molar-refractivity contribution in [2.75, 3.05) is 5.32 Å². The van der Waals surface area contributed by atoms with Crippen LogP contribution in [-0.2, 0) is 10.3 Å². The number of H-pyrrole nitrogens is 1. The third-order valence-electron chi connectivity index (χ3n) is 7.37. The van der Waals surface area contributed by atoms with Crippen LogP contribution in [0.5, 0.6) is 0 Å². The Kier molecular flexibility index (Phi) is 5.25. The van der Waals surface area contributed by atoms with Gasteiger partial charge in [-0.05, 0) is 67.7 Å². The molecule has 32 heavy (non-hydrogen) atoms. The fourth-order valence-electron chi connectivity index (χ4n) is 5.39. The lowest BCUT2D eigenvalue weighted by Gasteiger charge is -2.37. The molecule has 2 bridgehead atoms. The number of benzene rings is 1. The minimum absolute atomic E-state index is 0.137. The van der Waals surface area contributed by atoms with Crippen molar-refractivity contribution in [3.63, 3.8) is 0 Å². The Hall–Kier alpha value is -2.44. The van der Waals surface area contributed by atoms with Crippen molar-refractivity contribution in [1.29, 1.82) is 0 Å². The van der Waals surface area contributed by atoms with Gasteiger partial charge < -0.3 is 20.1 Å². The van der Waals surface area contributed by atoms with Crippen molar-refractivity contribution in [3.05, 3.63) is 53.1 Å². The Morgan fingerprint density at radius 3 is 2.62 bits per heavy atom. The van der Waals surface area contributed by atoms with Crippen LogP contribution in [0.2, 0.25) is 0 Å². The summed E-state index contributed by atoms with van der Waals surface area (Å²) in [6, 6.07) is 6.00. The summed E-state index contributed by atoms with van der Waals surface area (Å²) in [6.45, 7) is 6.43. The smallest absolute Gasteiger partial charge is 0.291 e. The van der Waals surface area contributed by atoms with Crippen molar-refractivity contribution in [3.8, 4) is 0 Å². The number of hydrogen-bond acceptors (Lipinski definition) is 4. The van der Waals surface area contributed by atoms with Crippen LogP contribution in [0.4, 0.5) is 5.69 Å². The van der Waals surface area contributed by atoms with Gasteiger partial charge in [0.1, 0.15) is 0 Å². The van der Waals surface area contributed by atoms with Gasteiger partial charge in [0.2, 0.25) is 0 Å². The molecule has 170 valence electrons. The molecule has 1 aliphatic carbocycles. The zero-order valence-electron chi connectivity index (χ0n) is 19.2. The molecule has 2 aromatic rings. The van der Waals surface area contributed by atoms with E-state index in [1.54, 1.807) is 6.20 Å². The zero-order chi connectivity index (χ0) is 22.5. The van der Waals surface area contributed by atoms with E-state index >= 15 is 0 Å². The maximum atomic E-state index is 12.8. The predicted molar refractivity (Wildman–Crippen MR) is 124 cm³/mol. The molecular formula is C26H33N3O3. The van der Waals surface area contributed by atoms with E-state index in [1.807, 2.05) is 19.1 Å². The number of nitrogens with zero attached hydrogens (tertiary/aromatic N) is 1. The number of allylic oxidation sites excluding steroid dienone is 2. The predicted octanol–water partition coefficient (Wildman–Crippen LogP) is 5.09. The van der Waals surface area contributed by atoms with Crippen LogP contribution in [0, 0.1) is 12.3 Å². The number of amides is 1. The van der Waals surface area contributed by atoms with Crippen LogP contribution in [0.25, 0.3) is 5.57 Å². The summed E-state index contributed by atoms with van der Waals surface area (Å²) in [5.74, 6) is 0.0441. The molecular weight excluding hydrogens is 402 g/mol. The molecule has 3 N–H and O–H groups in total. The van der Waals surface area contributed by atoms with E-state index in [0.717, 1.165) is 54.6 Å². The molecule has 1 aromatic heterocycles. The number of hydrogen-bond donors (Lipinski definition) is 3. The Morgan fingerprint density at radius 1 is 1.25 bits per heavy atom. The first-order valence-corrected chi connectivity index (χ1v) is 11.8. The number of aliphatic hydroxyl groups is 1. The summed E-state index contributed by atoms with van der Waals surface area (Å²) in [7, 11) is 0. The fourth-order valence-corrected chi connectivity index (χ4v) is 5.39. The molecule has 5 rings (SSSR count). The van der Waals surface area contributed by atoms with Crippen LogP contribution in [0.1, 0.15) is 86.2 Å². The third-order valence-corrected chi connectivity index (χ3v) is 7.37. The molecule has 1 amide bonds. The highest BCUT2D eigenvalue weighted by Crippen LogP contribution is 2.46. The molecule has 0 spiro atoms. The van der Waals surface area contributed by atoms with Gasteiger partial charge in [-0.2, -0.15) is 0 Å². The van der Waals surface area contributed by atoms with Gasteiger partial charge in [-0.15, -0.1) is 0 Å². The minimum Gasteiger partial charge on any atom is -0.385 e. The third kappa shape index (κ3) is 4.14. The monoisotopic (exact) mass is 435 g/mol. The summed E-state index contributed by atoms with van der Waals surface area (Å²) in [5.41, 5.74) is 4.10. The lowest BCUT2D eigenvalue weighted by atomic mass is 9.76. The Bertz CT molecular complexity index is 1060. The van der Waals surface area contributed by atoms with Gasteiger partial charge in [0.25, 0.3) is 5.91 Å². The zero-order valence-corrected chi connectivity index (χ0v) is 19.2. The van der Waals surface area contributed by atoms with Crippen LogP contribution in [0.3, 0.4) is 0 Å². The number of ether oxygens (including phenoxy) is 1. The van der Waals surface area contributed by atoms with Crippen molar-refractivity contribution >= 4 is 17.2 Å². The number of rotatable bonds is 4. The lowest BCUT2D eigenvalue weighted by molar-refractivity contribution is -0.115. The molecule has 2 atom stereocenters. The topological polar surface area (TPSA) is 87.2 Å². The van der Waals surface area contributed by atoms with Gasteiger partial charge in [-0.1, -0.05) is 26.0 Å². The van der Waals surface area contributed by atoms with E-state index in [4.69, 9.17) is 4.74 Å². The SMILES string of the molecule is Cc1c[nH]c(C(=O)Nc2ccc(C3(O)CC4CCC(C3)O4)cc2C2=CCC(C)(C)CC2)n1. The number of fused-ring (bicyclic) bond motifs is 2. The number of nitrogens with one attached hydrogen (secondary N) is 2. The Labute approximate surface area is 189 Å². The van der Waals surface area contributed by atoms with Gasteiger partial charge >= 0.3 is 0 Å². The first kappa shape index (κ1) is 21.4. The first-order valence-electron chi connectivity index (χ1n) is 11.8. The number of carbonyl (C=O) groups is 1. The maximum absolute atomic E-state index is 12.8. The maximum Gasteiger partial charge on any atom is 0.291 e. The number of carbonyl (C=O) groups excluding carboxylic acids is 1. The van der Waals surface area contributed by atoms with E-state index < -0.39 is 5.60 Å². The van der Waals surface area contributed by atoms with E-state index in [9.17, 15) is 9.90 Å². The van der Waals surface area contributed by atoms with Gasteiger partial charge in [-0.3, -0.25) is 4.79 Å². The molecule has 0 saturated carbocycles. The minimum atomic E-state index is -0.881. The molecule has 2 saturated heterocycles. The van der Waals surface area contributed by atoms with Gasteiger partial charge in [0.05, 0.1) is 23.5 Å². The second-order valence-corrected chi connectivity index (χ2v) is 10.6. The molecule has 0 radical (unpaired) electrons. The highest BCUT2D eigenvalue weighted by molar-refractivity contribution is 6.03. The highest BCUT2D eigenvalue weighted by atomic mass is 16.5. The summed E-state index contributed by atoms with van der Waals surface area (Å²) >= 11 is 0. The van der Waals surface area contributed by atoms with Gasteiger partial charge in [0.15, 0.2) is 5.82 Å². The summed E-state index contributed by atoms with van der Waals surface area (Å²) < 4.78 is 5.97. The number of aromatic nitrogens is 2. The van der Waals surface area contributed by atoms with E-state index in [0.29, 0.717) is 18.7 Å². The molecule has 2 unspecified atom stereocenters. The second-order valence-electron chi connectivity index (χ2n) is 10.6. The van der Waals surface area contributed by atoms with E-state index in [-0.39, 0.29) is 23.5 Å². The standard InChI is InChI=1S/C26H33N3O3/c1-16-15-27-23(28-16)24(30)29-22-7-4-18(26(31)13-19-5-6-20(14-26)32-19)12-21(22)17-8-10-25(2,3)11-9-17/h4,7-8,12,15,19-20,31H,5-6,9-11,13-14H2,1-3H3,(H,27,28)(H,29,30). The molecule has 2 aliphatic heterocycles. The Balaban J connectivity index is 1.50. The second kappa shape index (κ2) is 7.85. The molecule has 6 heteroatoms. The number of aromatic amines is 1. The summed E-state index contributed by atoms with van der Waals surface area (Å²) in [6.07, 6.45) is 10.7. The van der Waals surface area contributed by atoms with Crippen molar-refractivity contribution in [2.45, 2.75) is 83.5 Å². The molecule has 3 aliphatic rings. The fraction of sp³-hybridized carbons (Fsp3) is 0.538. The van der Waals surface area contributed by atoms with Crippen LogP contribution in [0.15, 0.2) is 30.5 Å². The van der Waals surface area contributed by atoms with Gasteiger partial charge in [0, 0.05) is 30.3 Å². The van der Waals surface area contributed by atoms with Crippen molar-refractivity contribution in [2.24, 2.45) is 5.41 Å². The number of aryl methyl sites for hydroxylation is 1. The average molecular weight is 436 g/mol. The molecule has 3 heterocycles. The molecule has 6 nitrogen and oxygen atoms in total. The molecule has 1 aromatic carbocycles.